The number of anilines is 6. The topological polar surface area (TPSA) is 148 Å². The molecule has 6 aromatic carbocycles. The Morgan fingerprint density at radius 2 is 0.850 bits per heavy atom. The fourth-order valence-electron chi connectivity index (χ4n) is 5.26. The van der Waals surface area contributed by atoms with Crippen molar-refractivity contribution in [3.63, 3.8) is 0 Å². The molecule has 0 radical (unpaired) electrons. The molecular formula is C42H30F6I3N3O6. The second-order valence-electron chi connectivity index (χ2n) is 12.6. The average Bonchev–Trinajstić information content (AvgIpc) is 3.17. The second kappa shape index (κ2) is 20.9. The Hall–Kier alpha value is -5.10. The third-order valence-corrected chi connectivity index (χ3v) is 10.3. The van der Waals surface area contributed by atoms with Crippen LogP contribution >= 0.6 is 67.8 Å². The highest BCUT2D eigenvalue weighted by molar-refractivity contribution is 14.1. The minimum absolute atomic E-state index is 0.0411. The minimum atomic E-state index is -1.72. The van der Waals surface area contributed by atoms with Gasteiger partial charge >= 0.3 is 17.9 Å². The van der Waals surface area contributed by atoms with Gasteiger partial charge in [-0.3, -0.25) is 0 Å². The summed E-state index contributed by atoms with van der Waals surface area (Å²) in [5.74, 6) is -11.6. The van der Waals surface area contributed by atoms with Crippen molar-refractivity contribution in [3.8, 4) is 0 Å². The van der Waals surface area contributed by atoms with Gasteiger partial charge in [0.05, 0.1) is 33.8 Å². The molecule has 6 N–H and O–H groups in total. The highest BCUT2D eigenvalue weighted by Gasteiger charge is 2.23. The Bertz CT molecular complexity index is 2630. The van der Waals surface area contributed by atoms with Crippen LogP contribution in [-0.2, 0) is 0 Å². The Kier molecular flexibility index (Phi) is 16.6. The van der Waals surface area contributed by atoms with Crippen molar-refractivity contribution in [1.29, 1.82) is 0 Å². The molecule has 0 aliphatic heterocycles. The molecular weight excluding hydrogens is 1140 g/mol. The van der Waals surface area contributed by atoms with Gasteiger partial charge in [0.25, 0.3) is 0 Å². The summed E-state index contributed by atoms with van der Waals surface area (Å²) in [5, 5.41) is 35.3. The Balaban J connectivity index is 0.000000199. The quantitative estimate of drug-likeness (QED) is 0.0473. The molecule has 0 bridgehead atoms. The van der Waals surface area contributed by atoms with Gasteiger partial charge in [-0.1, -0.05) is 0 Å². The molecule has 0 fully saturated rings. The number of hydrogen-bond acceptors (Lipinski definition) is 6. The lowest BCUT2D eigenvalue weighted by molar-refractivity contribution is 0.0686. The van der Waals surface area contributed by atoms with Gasteiger partial charge in [-0.25, -0.2) is 40.7 Å². The molecule has 60 heavy (non-hydrogen) atoms. The fourth-order valence-corrected chi connectivity index (χ4v) is 7.20. The van der Waals surface area contributed by atoms with Gasteiger partial charge in [-0.05, 0) is 196 Å². The summed E-state index contributed by atoms with van der Waals surface area (Å²) >= 11 is 6.40. The number of halogens is 9. The summed E-state index contributed by atoms with van der Waals surface area (Å²) in [6.45, 7) is 5.43. The summed E-state index contributed by atoms with van der Waals surface area (Å²) in [4.78, 5) is 33.3. The summed E-state index contributed by atoms with van der Waals surface area (Å²) in [6.07, 6.45) is 0. The first-order chi connectivity index (χ1) is 28.2. The lowest BCUT2D eigenvalue weighted by atomic mass is 10.1. The monoisotopic (exact) mass is 1170 g/mol. The second-order valence-corrected chi connectivity index (χ2v) is 16.3. The van der Waals surface area contributed by atoms with Crippen LogP contribution in [0.5, 0.6) is 0 Å². The largest absolute Gasteiger partial charge is 0.478 e. The van der Waals surface area contributed by atoms with Crippen molar-refractivity contribution in [2.75, 3.05) is 16.0 Å². The molecule has 0 aliphatic carbocycles. The van der Waals surface area contributed by atoms with E-state index in [9.17, 15) is 40.7 Å². The molecule has 0 atom stereocenters. The van der Waals surface area contributed by atoms with Crippen LogP contribution in [0.3, 0.4) is 0 Å². The summed E-state index contributed by atoms with van der Waals surface area (Å²) < 4.78 is 83.6. The van der Waals surface area contributed by atoms with Crippen LogP contribution < -0.4 is 16.0 Å². The van der Waals surface area contributed by atoms with Crippen molar-refractivity contribution in [1.82, 2.24) is 0 Å². The fraction of sp³-hybridized carbons (Fsp3) is 0.0714. The molecule has 6 rings (SSSR count). The molecule has 0 aliphatic rings. The van der Waals surface area contributed by atoms with E-state index in [1.165, 1.54) is 12.1 Å². The van der Waals surface area contributed by atoms with Crippen molar-refractivity contribution in [2.24, 2.45) is 0 Å². The number of aryl methyl sites for hydroxylation is 3. The number of carboxylic acids is 3. The molecule has 0 aromatic heterocycles. The van der Waals surface area contributed by atoms with Crippen molar-refractivity contribution in [3.05, 3.63) is 170 Å². The molecule has 0 unspecified atom stereocenters. The number of nitrogens with one attached hydrogen (secondary N) is 3. The third kappa shape index (κ3) is 12.2. The average molecular weight is 1170 g/mol. The highest BCUT2D eigenvalue weighted by Crippen LogP contribution is 2.32. The summed E-state index contributed by atoms with van der Waals surface area (Å²) in [6, 6.07) is 22.0. The van der Waals surface area contributed by atoms with E-state index in [2.05, 4.69) is 83.7 Å². The first-order valence-corrected chi connectivity index (χ1v) is 20.2. The molecule has 0 saturated heterocycles. The van der Waals surface area contributed by atoms with Crippen LogP contribution in [0.4, 0.5) is 60.5 Å². The minimum Gasteiger partial charge on any atom is -0.478 e. The summed E-state index contributed by atoms with van der Waals surface area (Å²) in [7, 11) is 0. The van der Waals surface area contributed by atoms with Gasteiger partial charge in [-0.2, -0.15) is 0 Å². The van der Waals surface area contributed by atoms with Gasteiger partial charge < -0.3 is 31.3 Å². The zero-order chi connectivity index (χ0) is 44.6. The smallest absolute Gasteiger partial charge is 0.338 e. The first-order valence-electron chi connectivity index (χ1n) is 16.9. The SMILES string of the molecule is Cc1cc(I)ccc1Nc1c(C(=O)O)cc(F)c(F)c1F.Cc1cc(I)ccc1Nc1c(C(=O)O)ccc(F)c1F.Cc1cc(I)ccc1Nc1cc(F)ccc1C(=O)O. The highest BCUT2D eigenvalue weighted by atomic mass is 127. The van der Waals surface area contributed by atoms with Gasteiger partial charge in [-0.15, -0.1) is 0 Å². The van der Waals surface area contributed by atoms with E-state index in [0.717, 1.165) is 45.7 Å². The molecule has 6 aromatic rings. The maximum absolute atomic E-state index is 13.8. The molecule has 0 saturated carbocycles. The number of carbonyl (C=O) groups is 3. The molecule has 18 heteroatoms. The number of rotatable bonds is 9. The zero-order valence-corrected chi connectivity index (χ0v) is 37.6. The van der Waals surface area contributed by atoms with Crippen LogP contribution in [0, 0.1) is 66.4 Å². The van der Waals surface area contributed by atoms with E-state index < -0.39 is 64.1 Å². The number of carboxylic acid groups (broad SMARTS) is 3. The molecule has 0 amide bonds. The van der Waals surface area contributed by atoms with Gasteiger partial charge in [0, 0.05) is 27.8 Å². The lowest BCUT2D eigenvalue weighted by Crippen LogP contribution is -2.09. The predicted octanol–water partition coefficient (Wildman–Crippen LogP) is 13.0. The van der Waals surface area contributed by atoms with Crippen LogP contribution in [0.1, 0.15) is 47.8 Å². The molecule has 0 heterocycles. The maximum Gasteiger partial charge on any atom is 0.338 e. The first kappa shape index (κ1) is 47.6. The van der Waals surface area contributed by atoms with Crippen LogP contribution in [0.15, 0.2) is 91.0 Å². The summed E-state index contributed by atoms with van der Waals surface area (Å²) in [5.41, 5.74) is 2.48. The van der Waals surface area contributed by atoms with Crippen molar-refractivity contribution >= 4 is 120 Å². The van der Waals surface area contributed by atoms with Crippen LogP contribution in [0.2, 0.25) is 0 Å². The Morgan fingerprint density at radius 1 is 0.433 bits per heavy atom. The van der Waals surface area contributed by atoms with E-state index >= 15 is 0 Å². The van der Waals surface area contributed by atoms with E-state index in [4.69, 9.17) is 15.3 Å². The van der Waals surface area contributed by atoms with Crippen molar-refractivity contribution in [2.45, 2.75) is 20.8 Å². The maximum atomic E-state index is 13.8. The van der Waals surface area contributed by atoms with Gasteiger partial charge in [0.15, 0.2) is 29.1 Å². The predicted molar refractivity (Wildman–Crippen MR) is 241 cm³/mol. The third-order valence-electron chi connectivity index (χ3n) is 8.28. The van der Waals surface area contributed by atoms with Gasteiger partial charge in [0.2, 0.25) is 0 Å². The van der Waals surface area contributed by atoms with Crippen molar-refractivity contribution < 1.29 is 56.0 Å². The lowest BCUT2D eigenvalue weighted by Gasteiger charge is -2.14. The Morgan fingerprint density at radius 3 is 1.28 bits per heavy atom. The standard InChI is InChI=1S/C14H9F3INO2.C14H10F2INO2.C14H11FINO2/c1-6-4-7(18)2-3-10(6)19-13-8(14(20)21)5-9(15)11(16)12(13)17;1-7-6-8(17)2-5-11(7)18-13-9(14(19)20)3-4-10(15)12(13)16;1-8-6-10(16)3-5-12(8)17-13-7-9(15)2-4-11(13)14(18)19/h2-5,19H,1H3,(H,20,21);2-6,18H,1H3,(H,19,20);2-7,17H,1H3,(H,18,19). The normalized spacial score (nSPS) is 10.4. The molecule has 312 valence electrons. The molecule has 9 nitrogen and oxygen atoms in total. The van der Waals surface area contributed by atoms with Crippen LogP contribution in [0.25, 0.3) is 0 Å². The van der Waals surface area contributed by atoms with Crippen LogP contribution in [-0.4, -0.2) is 33.2 Å². The van der Waals surface area contributed by atoms with E-state index in [-0.39, 0.29) is 22.5 Å². The Labute approximate surface area is 379 Å². The zero-order valence-electron chi connectivity index (χ0n) is 31.1. The molecule has 0 spiro atoms. The van der Waals surface area contributed by atoms with E-state index in [1.807, 2.05) is 31.2 Å². The van der Waals surface area contributed by atoms with Gasteiger partial charge in [0.1, 0.15) is 5.82 Å². The number of hydrogen-bond donors (Lipinski definition) is 6. The van der Waals surface area contributed by atoms with E-state index in [0.29, 0.717) is 23.0 Å². The van der Waals surface area contributed by atoms with E-state index in [1.54, 1.807) is 44.2 Å². The number of benzene rings is 6. The number of aromatic carboxylic acids is 3.